The number of likely N-dealkylation sites (tertiary alicyclic amines) is 1. The fourth-order valence-corrected chi connectivity index (χ4v) is 4.64. The minimum absolute atomic E-state index is 0.0835. The first-order valence-electron chi connectivity index (χ1n) is 13.1. The van der Waals surface area contributed by atoms with Crippen LogP contribution in [0, 0.1) is 5.92 Å². The second-order valence-electron chi connectivity index (χ2n) is 9.91. The van der Waals surface area contributed by atoms with E-state index in [0.29, 0.717) is 6.42 Å². The molecule has 2 amide bonds. The number of hydrogen-bond acceptors (Lipinski definition) is 10. The average Bonchev–Trinajstić information content (AvgIpc) is 3.28. The average molecular weight is 563 g/mol. The van der Waals surface area contributed by atoms with Crippen LogP contribution in [0.1, 0.15) is 63.7 Å². The van der Waals surface area contributed by atoms with Crippen molar-refractivity contribution in [3.05, 3.63) is 29.8 Å². The zero-order chi connectivity index (χ0) is 30.1. The van der Waals surface area contributed by atoms with Crippen LogP contribution in [0.5, 0.6) is 0 Å². The molecule has 0 spiro atoms. The van der Waals surface area contributed by atoms with Crippen LogP contribution in [0.2, 0.25) is 0 Å². The van der Waals surface area contributed by atoms with Crippen molar-refractivity contribution < 1.29 is 43.3 Å². The smallest absolute Gasteiger partial charge is 0.329 e. The highest BCUT2D eigenvalue weighted by Crippen LogP contribution is 2.29. The number of benzene rings is 1. The SMILES string of the molecule is CCC(C)[C@H](N)C(=O)N1CC[C@@H](OC(C)=O)[C@H]1[C@H](CC(=O)O)OC(=O)[C@H](CC(=O)c1ccccc1N)NC(C)=O. The monoisotopic (exact) mass is 562 g/mol. The van der Waals surface area contributed by atoms with Gasteiger partial charge in [-0.05, 0) is 18.1 Å². The number of carboxylic acid groups (broad SMARTS) is 1. The summed E-state index contributed by atoms with van der Waals surface area (Å²) in [5.74, 6) is -5.03. The highest BCUT2D eigenvalue weighted by Gasteiger charge is 2.48. The molecule has 220 valence electrons. The Balaban J connectivity index is 2.41. The van der Waals surface area contributed by atoms with Gasteiger partial charge in [0.2, 0.25) is 11.8 Å². The van der Waals surface area contributed by atoms with Gasteiger partial charge in [0.1, 0.15) is 24.3 Å². The molecule has 0 aliphatic carbocycles. The minimum atomic E-state index is -1.49. The highest BCUT2D eigenvalue weighted by molar-refractivity contribution is 6.03. The summed E-state index contributed by atoms with van der Waals surface area (Å²) in [4.78, 5) is 76.4. The van der Waals surface area contributed by atoms with E-state index < -0.39 is 78.7 Å². The van der Waals surface area contributed by atoms with Crippen molar-refractivity contribution >= 4 is 41.2 Å². The van der Waals surface area contributed by atoms with Gasteiger partial charge >= 0.3 is 17.9 Å². The van der Waals surface area contributed by atoms with Crippen LogP contribution in [0.3, 0.4) is 0 Å². The van der Waals surface area contributed by atoms with Crippen molar-refractivity contribution in [2.24, 2.45) is 11.7 Å². The molecule has 2 rings (SSSR count). The number of ether oxygens (including phenoxy) is 2. The summed E-state index contributed by atoms with van der Waals surface area (Å²) in [7, 11) is 0. The van der Waals surface area contributed by atoms with Gasteiger partial charge < -0.3 is 36.3 Å². The molecule has 1 aliphatic heterocycles. The molecule has 1 saturated heterocycles. The highest BCUT2D eigenvalue weighted by atomic mass is 16.6. The van der Waals surface area contributed by atoms with Gasteiger partial charge in [0.05, 0.1) is 12.5 Å². The molecule has 1 aromatic rings. The Morgan fingerprint density at radius 3 is 2.33 bits per heavy atom. The number of carbonyl (C=O) groups is 6. The number of ketones is 1. The third-order valence-electron chi connectivity index (χ3n) is 6.87. The largest absolute Gasteiger partial charge is 0.481 e. The topological polar surface area (TPSA) is 208 Å². The summed E-state index contributed by atoms with van der Waals surface area (Å²) < 4.78 is 11.0. The number of anilines is 1. The van der Waals surface area contributed by atoms with Crippen LogP contribution >= 0.6 is 0 Å². The lowest BCUT2D eigenvalue weighted by molar-refractivity contribution is -0.167. The van der Waals surface area contributed by atoms with E-state index in [4.69, 9.17) is 20.9 Å². The summed E-state index contributed by atoms with van der Waals surface area (Å²) in [6.45, 7) is 6.04. The molecule has 1 unspecified atom stereocenters. The fraction of sp³-hybridized carbons (Fsp3) is 0.556. The molecular weight excluding hydrogens is 524 g/mol. The summed E-state index contributed by atoms with van der Waals surface area (Å²) >= 11 is 0. The molecule has 1 fully saturated rings. The Morgan fingerprint density at radius 2 is 1.77 bits per heavy atom. The standard InChI is InChI=1S/C27H38N4O9/c1-5-14(2)24(29)26(37)31-11-10-21(39-16(4)33)25(31)22(13-23(35)36)40-27(38)19(30-15(3)32)12-20(34)17-8-6-7-9-18(17)28/h6-9,14,19,21-22,24-25H,5,10-13,28-29H2,1-4H3,(H,30,32)(H,35,36)/t14?,19-,21+,22-,24-,25-/m0/s1. The van der Waals surface area contributed by atoms with Gasteiger partial charge in [0, 0.05) is 44.5 Å². The van der Waals surface area contributed by atoms with E-state index in [-0.39, 0.29) is 30.1 Å². The number of aliphatic carboxylic acids is 1. The number of carboxylic acids is 1. The lowest BCUT2D eigenvalue weighted by Crippen LogP contribution is -2.56. The van der Waals surface area contributed by atoms with E-state index in [9.17, 15) is 33.9 Å². The van der Waals surface area contributed by atoms with Crippen LogP contribution < -0.4 is 16.8 Å². The van der Waals surface area contributed by atoms with Crippen molar-refractivity contribution in [3.8, 4) is 0 Å². The Hall–Kier alpha value is -4.00. The molecule has 0 saturated carbocycles. The summed E-state index contributed by atoms with van der Waals surface area (Å²) in [5.41, 5.74) is 12.3. The van der Waals surface area contributed by atoms with Crippen molar-refractivity contribution in [2.45, 2.75) is 83.7 Å². The minimum Gasteiger partial charge on any atom is -0.481 e. The molecule has 6 atom stereocenters. The van der Waals surface area contributed by atoms with Crippen LogP contribution in [0.25, 0.3) is 0 Å². The first-order chi connectivity index (χ1) is 18.8. The van der Waals surface area contributed by atoms with Crippen LogP contribution in [-0.4, -0.2) is 82.4 Å². The van der Waals surface area contributed by atoms with Gasteiger partial charge in [0.25, 0.3) is 0 Å². The molecule has 0 aromatic heterocycles. The zero-order valence-electron chi connectivity index (χ0n) is 23.1. The number of carbonyl (C=O) groups excluding carboxylic acids is 5. The summed E-state index contributed by atoms with van der Waals surface area (Å²) in [6.07, 6.45) is -2.97. The lowest BCUT2D eigenvalue weighted by Gasteiger charge is -2.35. The third kappa shape index (κ3) is 8.50. The number of hydrogen-bond donors (Lipinski definition) is 4. The van der Waals surface area contributed by atoms with E-state index in [1.165, 1.54) is 24.0 Å². The number of esters is 2. The van der Waals surface area contributed by atoms with Crippen LogP contribution in [0.4, 0.5) is 5.69 Å². The van der Waals surface area contributed by atoms with E-state index in [1.807, 2.05) is 6.92 Å². The summed E-state index contributed by atoms with van der Waals surface area (Å²) in [6, 6.07) is 2.61. The Bertz CT molecular complexity index is 1120. The normalized spacial score (nSPS) is 19.6. The van der Waals surface area contributed by atoms with Gasteiger partial charge in [0.15, 0.2) is 5.78 Å². The van der Waals surface area contributed by atoms with Gasteiger partial charge in [-0.25, -0.2) is 4.79 Å². The number of rotatable bonds is 13. The van der Waals surface area contributed by atoms with Crippen molar-refractivity contribution in [2.75, 3.05) is 12.3 Å². The predicted molar refractivity (Wildman–Crippen MR) is 143 cm³/mol. The molecule has 0 bridgehead atoms. The number of nitrogens with zero attached hydrogens (tertiary/aromatic N) is 1. The zero-order valence-corrected chi connectivity index (χ0v) is 23.1. The lowest BCUT2D eigenvalue weighted by atomic mass is 9.97. The number of nitrogens with one attached hydrogen (secondary N) is 1. The maximum Gasteiger partial charge on any atom is 0.329 e. The number of amides is 2. The number of nitrogen functional groups attached to an aromatic ring is 1. The van der Waals surface area contributed by atoms with Crippen molar-refractivity contribution in [1.82, 2.24) is 10.2 Å². The molecule has 6 N–H and O–H groups in total. The number of para-hydroxylation sites is 1. The maximum atomic E-state index is 13.3. The number of nitrogens with two attached hydrogens (primary N) is 2. The van der Waals surface area contributed by atoms with E-state index in [1.54, 1.807) is 19.1 Å². The second kappa shape index (κ2) is 14.4. The van der Waals surface area contributed by atoms with Crippen molar-refractivity contribution in [3.63, 3.8) is 0 Å². The van der Waals surface area contributed by atoms with E-state index in [2.05, 4.69) is 5.32 Å². The fourth-order valence-electron chi connectivity index (χ4n) is 4.64. The van der Waals surface area contributed by atoms with E-state index >= 15 is 0 Å². The van der Waals surface area contributed by atoms with E-state index in [0.717, 1.165) is 6.92 Å². The molecule has 1 heterocycles. The quantitative estimate of drug-likeness (QED) is 0.149. The Morgan fingerprint density at radius 1 is 1.12 bits per heavy atom. The van der Waals surface area contributed by atoms with Gasteiger partial charge in [-0.1, -0.05) is 32.4 Å². The van der Waals surface area contributed by atoms with Crippen LogP contribution in [-0.2, 0) is 33.4 Å². The molecule has 40 heavy (non-hydrogen) atoms. The van der Waals surface area contributed by atoms with Gasteiger partial charge in [-0.2, -0.15) is 0 Å². The molecule has 0 radical (unpaired) electrons. The predicted octanol–water partition coefficient (Wildman–Crippen LogP) is 0.639. The molecular formula is C27H38N4O9. The van der Waals surface area contributed by atoms with Crippen molar-refractivity contribution in [1.29, 1.82) is 0 Å². The summed E-state index contributed by atoms with van der Waals surface area (Å²) in [5, 5.41) is 12.0. The molecule has 13 heteroatoms. The number of Topliss-reactive ketones (excluding diaryl/α,β-unsaturated/α-hetero) is 1. The Labute approximate surface area is 232 Å². The molecule has 13 nitrogen and oxygen atoms in total. The molecule has 1 aromatic carbocycles. The second-order valence-corrected chi connectivity index (χ2v) is 9.91. The maximum absolute atomic E-state index is 13.3. The Kier molecular flexibility index (Phi) is 11.6. The molecule has 1 aliphatic rings. The van der Waals surface area contributed by atoms with Crippen LogP contribution in [0.15, 0.2) is 24.3 Å². The first-order valence-corrected chi connectivity index (χ1v) is 13.1. The van der Waals surface area contributed by atoms with Gasteiger partial charge in [-0.3, -0.25) is 24.0 Å². The third-order valence-corrected chi connectivity index (χ3v) is 6.87. The van der Waals surface area contributed by atoms with Gasteiger partial charge in [-0.15, -0.1) is 0 Å². The first kappa shape index (κ1) is 32.2.